The zero-order valence-electron chi connectivity index (χ0n) is 10.4. The fourth-order valence-corrected chi connectivity index (χ4v) is 4.10. The summed E-state index contributed by atoms with van der Waals surface area (Å²) in [5.41, 5.74) is 2.46. The van der Waals surface area contributed by atoms with Crippen LogP contribution in [0.1, 0.15) is 37.3 Å². The number of rotatable bonds is 3. The number of aliphatic hydroxyl groups excluding tert-OH is 1. The number of aliphatic hydroxyl groups is 1. The van der Waals surface area contributed by atoms with E-state index in [1.807, 2.05) is 11.8 Å². The van der Waals surface area contributed by atoms with Crippen LogP contribution in [-0.4, -0.2) is 23.2 Å². The van der Waals surface area contributed by atoms with Crippen LogP contribution in [0.5, 0.6) is 0 Å². The van der Waals surface area contributed by atoms with Crippen molar-refractivity contribution in [3.63, 3.8) is 0 Å². The highest BCUT2D eigenvalue weighted by atomic mass is 79.9. The summed E-state index contributed by atoms with van der Waals surface area (Å²) >= 11 is 5.73. The van der Waals surface area contributed by atoms with Gasteiger partial charge in [-0.25, -0.2) is 0 Å². The van der Waals surface area contributed by atoms with E-state index in [4.69, 9.17) is 0 Å². The first-order chi connectivity index (χ1) is 8.04. The molecule has 0 aromatic heterocycles. The average molecular weight is 315 g/mol. The molecule has 1 heterocycles. The number of halogens is 1. The van der Waals surface area contributed by atoms with E-state index in [-0.39, 0.29) is 12.0 Å². The number of thioether (sulfide) groups is 1. The van der Waals surface area contributed by atoms with E-state index in [2.05, 4.69) is 48.0 Å². The van der Waals surface area contributed by atoms with Crippen LogP contribution in [0.25, 0.3) is 0 Å². The lowest BCUT2D eigenvalue weighted by molar-refractivity contribution is 0.218. The predicted octanol–water partition coefficient (Wildman–Crippen LogP) is 3.94. The molecular weight excluding hydrogens is 296 g/mol. The molecule has 3 heteroatoms. The van der Waals surface area contributed by atoms with E-state index >= 15 is 0 Å². The molecule has 1 aliphatic heterocycles. The van der Waals surface area contributed by atoms with Crippen molar-refractivity contribution in [3.05, 3.63) is 33.8 Å². The van der Waals surface area contributed by atoms with Crippen molar-refractivity contribution in [2.24, 2.45) is 0 Å². The Labute approximate surface area is 116 Å². The topological polar surface area (TPSA) is 20.2 Å². The van der Waals surface area contributed by atoms with Gasteiger partial charge < -0.3 is 5.11 Å². The van der Waals surface area contributed by atoms with Crippen LogP contribution >= 0.6 is 27.7 Å². The van der Waals surface area contributed by atoms with E-state index in [1.165, 1.54) is 33.5 Å². The van der Waals surface area contributed by atoms with Crippen molar-refractivity contribution in [2.45, 2.75) is 31.6 Å². The Balaban J connectivity index is 2.28. The zero-order chi connectivity index (χ0) is 12.5. The maximum Gasteiger partial charge on any atom is 0.0522 e. The first-order valence-corrected chi connectivity index (χ1v) is 7.98. The third-order valence-corrected chi connectivity index (χ3v) is 5.40. The molecule has 1 aliphatic rings. The molecule has 0 saturated carbocycles. The summed E-state index contributed by atoms with van der Waals surface area (Å²) in [7, 11) is 0. The van der Waals surface area contributed by atoms with E-state index in [0.29, 0.717) is 5.92 Å². The SMILES string of the molecule is CC(C)(CO)c1ccc(C2CCSC2)c(Br)c1. The van der Waals surface area contributed by atoms with E-state index < -0.39 is 0 Å². The van der Waals surface area contributed by atoms with E-state index in [0.717, 1.165) is 0 Å². The van der Waals surface area contributed by atoms with Crippen LogP contribution in [-0.2, 0) is 5.41 Å². The van der Waals surface area contributed by atoms with Gasteiger partial charge >= 0.3 is 0 Å². The van der Waals surface area contributed by atoms with Crippen LogP contribution in [0, 0.1) is 0 Å². The van der Waals surface area contributed by atoms with Gasteiger partial charge in [0.25, 0.3) is 0 Å². The first kappa shape index (κ1) is 13.4. The van der Waals surface area contributed by atoms with Crippen molar-refractivity contribution >= 4 is 27.7 Å². The molecule has 1 nitrogen and oxygen atoms in total. The highest BCUT2D eigenvalue weighted by molar-refractivity contribution is 9.10. The predicted molar refractivity (Wildman–Crippen MR) is 78.9 cm³/mol. The molecule has 1 fully saturated rings. The van der Waals surface area contributed by atoms with Gasteiger partial charge in [0.2, 0.25) is 0 Å². The molecule has 1 aromatic carbocycles. The zero-order valence-corrected chi connectivity index (χ0v) is 12.8. The second-order valence-electron chi connectivity index (χ2n) is 5.34. The lowest BCUT2D eigenvalue weighted by Crippen LogP contribution is -2.22. The third kappa shape index (κ3) is 2.88. The summed E-state index contributed by atoms with van der Waals surface area (Å²) in [6.07, 6.45) is 1.28. The summed E-state index contributed by atoms with van der Waals surface area (Å²) in [5, 5.41) is 9.40. The Morgan fingerprint density at radius 3 is 2.76 bits per heavy atom. The molecule has 1 atom stereocenters. The maximum atomic E-state index is 9.40. The summed E-state index contributed by atoms with van der Waals surface area (Å²) < 4.78 is 1.20. The van der Waals surface area contributed by atoms with Crippen LogP contribution < -0.4 is 0 Å². The number of benzene rings is 1. The molecule has 0 spiro atoms. The molecule has 1 N–H and O–H groups in total. The molecule has 0 radical (unpaired) electrons. The molecular formula is C14H19BrOS. The maximum absolute atomic E-state index is 9.40. The van der Waals surface area contributed by atoms with Crippen LogP contribution in [0.3, 0.4) is 0 Å². The van der Waals surface area contributed by atoms with Gasteiger partial charge in [-0.15, -0.1) is 0 Å². The fourth-order valence-electron chi connectivity index (χ4n) is 2.15. The molecule has 94 valence electrons. The Morgan fingerprint density at radius 1 is 1.47 bits per heavy atom. The molecule has 2 rings (SSSR count). The van der Waals surface area contributed by atoms with Gasteiger partial charge in [0.1, 0.15) is 0 Å². The fraction of sp³-hybridized carbons (Fsp3) is 0.571. The van der Waals surface area contributed by atoms with Crippen molar-refractivity contribution in [1.29, 1.82) is 0 Å². The molecule has 0 aliphatic carbocycles. The molecule has 17 heavy (non-hydrogen) atoms. The summed E-state index contributed by atoms with van der Waals surface area (Å²) in [5.74, 6) is 3.21. The van der Waals surface area contributed by atoms with Crippen molar-refractivity contribution < 1.29 is 5.11 Å². The normalized spacial score (nSPS) is 20.8. The second kappa shape index (κ2) is 5.33. The Hall–Kier alpha value is 0.01000. The van der Waals surface area contributed by atoms with Crippen LogP contribution in [0.4, 0.5) is 0 Å². The summed E-state index contributed by atoms with van der Waals surface area (Å²) in [4.78, 5) is 0. The third-order valence-electron chi connectivity index (χ3n) is 3.55. The summed E-state index contributed by atoms with van der Waals surface area (Å²) in [6.45, 7) is 4.32. The monoisotopic (exact) mass is 314 g/mol. The van der Waals surface area contributed by atoms with Gasteiger partial charge in [-0.1, -0.05) is 41.9 Å². The molecule has 1 saturated heterocycles. The smallest absolute Gasteiger partial charge is 0.0522 e. The van der Waals surface area contributed by atoms with Crippen LogP contribution in [0.15, 0.2) is 22.7 Å². The number of hydrogen-bond donors (Lipinski definition) is 1. The van der Waals surface area contributed by atoms with Gasteiger partial charge in [-0.2, -0.15) is 11.8 Å². The minimum atomic E-state index is -0.161. The minimum absolute atomic E-state index is 0.161. The van der Waals surface area contributed by atoms with Crippen molar-refractivity contribution in [1.82, 2.24) is 0 Å². The Bertz CT molecular complexity index is 397. The molecule has 1 aromatic rings. The standard InChI is InChI=1S/C14H19BrOS/c1-14(2,9-16)11-3-4-12(13(15)7-11)10-5-6-17-8-10/h3-4,7,10,16H,5-6,8-9H2,1-2H3. The van der Waals surface area contributed by atoms with E-state index in [1.54, 1.807) is 0 Å². The Morgan fingerprint density at radius 2 is 2.24 bits per heavy atom. The highest BCUT2D eigenvalue weighted by Crippen LogP contribution is 2.37. The van der Waals surface area contributed by atoms with Crippen LogP contribution in [0.2, 0.25) is 0 Å². The van der Waals surface area contributed by atoms with E-state index in [9.17, 15) is 5.11 Å². The molecule has 1 unspecified atom stereocenters. The lowest BCUT2D eigenvalue weighted by Gasteiger charge is -2.24. The lowest BCUT2D eigenvalue weighted by atomic mass is 9.84. The van der Waals surface area contributed by atoms with Gasteiger partial charge in [0.15, 0.2) is 0 Å². The first-order valence-electron chi connectivity index (χ1n) is 6.03. The molecule has 0 amide bonds. The minimum Gasteiger partial charge on any atom is -0.395 e. The number of hydrogen-bond acceptors (Lipinski definition) is 2. The van der Waals surface area contributed by atoms with Crippen molar-refractivity contribution in [2.75, 3.05) is 18.1 Å². The largest absolute Gasteiger partial charge is 0.395 e. The van der Waals surface area contributed by atoms with Crippen molar-refractivity contribution in [3.8, 4) is 0 Å². The van der Waals surface area contributed by atoms with Gasteiger partial charge in [0.05, 0.1) is 6.61 Å². The average Bonchev–Trinajstić information content (AvgIpc) is 2.82. The highest BCUT2D eigenvalue weighted by Gasteiger charge is 2.23. The van der Waals surface area contributed by atoms with Gasteiger partial charge in [0, 0.05) is 15.6 Å². The quantitative estimate of drug-likeness (QED) is 0.912. The van der Waals surface area contributed by atoms with Gasteiger partial charge in [-0.05, 0) is 35.3 Å². The van der Waals surface area contributed by atoms with Gasteiger partial charge in [-0.3, -0.25) is 0 Å². The molecule has 0 bridgehead atoms. The summed E-state index contributed by atoms with van der Waals surface area (Å²) in [6, 6.07) is 6.57. The Kier molecular flexibility index (Phi) is 4.22. The second-order valence-corrected chi connectivity index (χ2v) is 7.34.